The fourth-order valence-corrected chi connectivity index (χ4v) is 2.39. The van der Waals surface area contributed by atoms with E-state index in [4.69, 9.17) is 5.73 Å². The number of piperidine rings is 1. The molecule has 0 radical (unpaired) electrons. The van der Waals surface area contributed by atoms with Crippen LogP contribution in [0.4, 0.5) is 5.69 Å². The highest BCUT2D eigenvalue weighted by molar-refractivity contribution is 6.01. The molecule has 5 nitrogen and oxygen atoms in total. The van der Waals surface area contributed by atoms with Gasteiger partial charge in [-0.15, -0.1) is 0 Å². The molecule has 1 aromatic carbocycles. The van der Waals surface area contributed by atoms with Gasteiger partial charge in [-0.05, 0) is 30.2 Å². The van der Waals surface area contributed by atoms with Gasteiger partial charge < -0.3 is 5.73 Å². The summed E-state index contributed by atoms with van der Waals surface area (Å²) >= 11 is 0. The molecule has 2 amide bonds. The molecule has 0 saturated carbocycles. The Morgan fingerprint density at radius 2 is 2.16 bits per heavy atom. The van der Waals surface area contributed by atoms with E-state index < -0.39 is 0 Å². The predicted molar refractivity (Wildman–Crippen MR) is 71.3 cm³/mol. The van der Waals surface area contributed by atoms with Gasteiger partial charge in [0.05, 0.1) is 11.4 Å². The minimum Gasteiger partial charge on any atom is -0.398 e. The maximum absolute atomic E-state index is 11.8. The van der Waals surface area contributed by atoms with E-state index in [0.29, 0.717) is 18.5 Å². The molecular formula is C14H13N3O2. The van der Waals surface area contributed by atoms with Crippen molar-refractivity contribution in [2.45, 2.75) is 18.8 Å². The van der Waals surface area contributed by atoms with Gasteiger partial charge in [0.1, 0.15) is 0 Å². The number of carbonyl (C=O) groups is 2. The first-order valence-corrected chi connectivity index (χ1v) is 6.13. The number of imide groups is 1. The lowest BCUT2D eigenvalue weighted by Gasteiger charge is -2.21. The summed E-state index contributed by atoms with van der Waals surface area (Å²) in [4.78, 5) is 27.3. The summed E-state index contributed by atoms with van der Waals surface area (Å²) in [7, 11) is 0. The molecule has 1 atom stereocenters. The summed E-state index contributed by atoms with van der Waals surface area (Å²) in [6.45, 7) is 0. The molecule has 1 aliphatic heterocycles. The van der Waals surface area contributed by atoms with Crippen LogP contribution in [0.5, 0.6) is 0 Å². The number of anilines is 1. The Labute approximate surface area is 109 Å². The van der Waals surface area contributed by atoms with Gasteiger partial charge in [-0.25, -0.2) is 0 Å². The Balaban J connectivity index is 2.04. The standard InChI is InChI=1S/C14H13N3O2/c15-11-2-1-3-12-10(11)6-8(7-16-12)9-4-5-13(18)17-14(9)19/h1-3,6-7,9H,4-5,15H2,(H,17,18,19). The summed E-state index contributed by atoms with van der Waals surface area (Å²) < 4.78 is 0. The number of nitrogens with two attached hydrogens (primary N) is 1. The number of carbonyl (C=O) groups excluding carboxylic acids is 2. The fourth-order valence-electron chi connectivity index (χ4n) is 2.39. The highest BCUT2D eigenvalue weighted by Crippen LogP contribution is 2.28. The second-order valence-corrected chi connectivity index (χ2v) is 4.69. The number of nitrogens with one attached hydrogen (secondary N) is 1. The first-order chi connectivity index (χ1) is 9.15. The van der Waals surface area contributed by atoms with E-state index in [2.05, 4.69) is 10.3 Å². The number of nitrogen functional groups attached to an aromatic ring is 1. The van der Waals surface area contributed by atoms with Gasteiger partial charge in [-0.2, -0.15) is 0 Å². The highest BCUT2D eigenvalue weighted by Gasteiger charge is 2.28. The molecule has 3 rings (SSSR count). The van der Waals surface area contributed by atoms with Crippen LogP contribution in [-0.2, 0) is 9.59 Å². The first-order valence-electron chi connectivity index (χ1n) is 6.13. The molecule has 96 valence electrons. The van der Waals surface area contributed by atoms with Crippen molar-refractivity contribution in [2.75, 3.05) is 5.73 Å². The Bertz CT molecular complexity index is 681. The average Bonchev–Trinajstić information content (AvgIpc) is 2.39. The van der Waals surface area contributed by atoms with Crippen LogP contribution >= 0.6 is 0 Å². The third-order valence-electron chi connectivity index (χ3n) is 3.42. The molecule has 1 fully saturated rings. The van der Waals surface area contributed by atoms with Crippen molar-refractivity contribution in [3.63, 3.8) is 0 Å². The minimum atomic E-state index is -0.325. The van der Waals surface area contributed by atoms with E-state index in [9.17, 15) is 9.59 Å². The Morgan fingerprint density at radius 3 is 2.95 bits per heavy atom. The quantitative estimate of drug-likeness (QED) is 0.594. The van der Waals surface area contributed by atoms with Crippen molar-refractivity contribution in [3.8, 4) is 0 Å². The average molecular weight is 255 g/mol. The van der Waals surface area contributed by atoms with Gasteiger partial charge in [0.15, 0.2) is 0 Å². The van der Waals surface area contributed by atoms with E-state index >= 15 is 0 Å². The van der Waals surface area contributed by atoms with Crippen molar-refractivity contribution >= 4 is 28.4 Å². The predicted octanol–water partition coefficient (Wildman–Crippen LogP) is 1.34. The Hall–Kier alpha value is -2.43. The van der Waals surface area contributed by atoms with Crippen LogP contribution in [0, 0.1) is 0 Å². The summed E-state index contributed by atoms with van der Waals surface area (Å²) in [5, 5.41) is 3.19. The largest absolute Gasteiger partial charge is 0.398 e. The summed E-state index contributed by atoms with van der Waals surface area (Å²) in [6, 6.07) is 7.41. The van der Waals surface area contributed by atoms with Crippen molar-refractivity contribution in [2.24, 2.45) is 0 Å². The number of hydrogen-bond acceptors (Lipinski definition) is 4. The van der Waals surface area contributed by atoms with Crippen LogP contribution in [0.15, 0.2) is 30.5 Å². The minimum absolute atomic E-state index is 0.213. The number of benzene rings is 1. The highest BCUT2D eigenvalue weighted by atomic mass is 16.2. The second-order valence-electron chi connectivity index (χ2n) is 4.69. The smallest absolute Gasteiger partial charge is 0.234 e. The summed E-state index contributed by atoms with van der Waals surface area (Å²) in [5.41, 5.74) is 8.16. The number of rotatable bonds is 1. The van der Waals surface area contributed by atoms with Crippen LogP contribution in [0.2, 0.25) is 0 Å². The number of amides is 2. The van der Waals surface area contributed by atoms with Gasteiger partial charge in [0.2, 0.25) is 11.8 Å². The Morgan fingerprint density at radius 1 is 1.32 bits per heavy atom. The molecule has 0 spiro atoms. The van der Waals surface area contributed by atoms with Crippen molar-refractivity contribution < 1.29 is 9.59 Å². The van der Waals surface area contributed by atoms with Gasteiger partial charge in [-0.1, -0.05) is 6.07 Å². The molecule has 19 heavy (non-hydrogen) atoms. The van der Waals surface area contributed by atoms with Crippen LogP contribution in [0.25, 0.3) is 10.9 Å². The van der Waals surface area contributed by atoms with Crippen molar-refractivity contribution in [1.29, 1.82) is 0 Å². The molecule has 2 heterocycles. The molecule has 0 aliphatic carbocycles. The third-order valence-corrected chi connectivity index (χ3v) is 3.42. The normalized spacial score (nSPS) is 19.5. The van der Waals surface area contributed by atoms with Crippen molar-refractivity contribution in [3.05, 3.63) is 36.0 Å². The molecule has 1 aliphatic rings. The van der Waals surface area contributed by atoms with E-state index in [1.165, 1.54) is 0 Å². The number of pyridine rings is 1. The third kappa shape index (κ3) is 2.03. The van der Waals surface area contributed by atoms with Gasteiger partial charge in [-0.3, -0.25) is 19.9 Å². The fraction of sp³-hybridized carbons (Fsp3) is 0.214. The molecule has 2 aromatic rings. The second kappa shape index (κ2) is 4.35. The number of nitrogens with zero attached hydrogens (tertiary/aromatic N) is 1. The SMILES string of the molecule is Nc1cccc2ncc(C3CCC(=O)NC3=O)cc12. The Kier molecular flexibility index (Phi) is 2.67. The van der Waals surface area contributed by atoms with Crippen LogP contribution < -0.4 is 11.1 Å². The lowest BCUT2D eigenvalue weighted by Crippen LogP contribution is -2.39. The van der Waals surface area contributed by atoms with Gasteiger partial charge >= 0.3 is 0 Å². The maximum atomic E-state index is 11.8. The van der Waals surface area contributed by atoms with Crippen LogP contribution in [0.1, 0.15) is 24.3 Å². The lowest BCUT2D eigenvalue weighted by atomic mass is 9.91. The molecule has 5 heteroatoms. The summed E-state index contributed by atoms with van der Waals surface area (Å²) in [6.07, 6.45) is 2.56. The molecule has 1 aromatic heterocycles. The van der Waals surface area contributed by atoms with E-state index in [0.717, 1.165) is 16.5 Å². The van der Waals surface area contributed by atoms with Crippen molar-refractivity contribution in [1.82, 2.24) is 10.3 Å². The molecular weight excluding hydrogens is 242 g/mol. The van der Waals surface area contributed by atoms with E-state index in [1.807, 2.05) is 18.2 Å². The summed E-state index contributed by atoms with van der Waals surface area (Å²) in [5.74, 6) is -0.796. The topological polar surface area (TPSA) is 85.1 Å². The van der Waals surface area contributed by atoms with Gasteiger partial charge in [0, 0.05) is 23.7 Å². The monoisotopic (exact) mass is 255 g/mol. The molecule has 1 unspecified atom stereocenters. The van der Waals surface area contributed by atoms with E-state index in [-0.39, 0.29) is 17.7 Å². The zero-order chi connectivity index (χ0) is 13.4. The maximum Gasteiger partial charge on any atom is 0.234 e. The lowest BCUT2D eigenvalue weighted by molar-refractivity contribution is -0.134. The molecule has 1 saturated heterocycles. The number of hydrogen-bond donors (Lipinski definition) is 2. The zero-order valence-corrected chi connectivity index (χ0v) is 10.2. The van der Waals surface area contributed by atoms with E-state index in [1.54, 1.807) is 12.3 Å². The first kappa shape index (κ1) is 11.6. The zero-order valence-electron chi connectivity index (χ0n) is 10.2. The molecule has 0 bridgehead atoms. The molecule has 3 N–H and O–H groups in total. The van der Waals surface area contributed by atoms with Gasteiger partial charge in [0.25, 0.3) is 0 Å². The number of aromatic nitrogens is 1. The van der Waals surface area contributed by atoms with Crippen LogP contribution in [0.3, 0.4) is 0 Å². The van der Waals surface area contributed by atoms with Crippen LogP contribution in [-0.4, -0.2) is 16.8 Å². The number of fused-ring (bicyclic) bond motifs is 1.